The molecule has 32 heavy (non-hydrogen) atoms. The maximum absolute atomic E-state index is 12.2. The number of hydrogen-bond donors (Lipinski definition) is 3. The normalized spacial score (nSPS) is 16.5. The van der Waals surface area contributed by atoms with Crippen LogP contribution in [-0.4, -0.2) is 26.3 Å². The molecule has 168 valence electrons. The fraction of sp³-hybridized carbons (Fsp3) is 0.333. The molecule has 0 aromatic heterocycles. The molecule has 7 nitrogen and oxygen atoms in total. The van der Waals surface area contributed by atoms with Gasteiger partial charge in [0.25, 0.3) is 0 Å². The first kappa shape index (κ1) is 22.2. The molecule has 0 bridgehead atoms. The summed E-state index contributed by atoms with van der Waals surface area (Å²) in [6, 6.07) is 13.9. The van der Waals surface area contributed by atoms with Crippen molar-refractivity contribution in [3.8, 4) is 0 Å². The van der Waals surface area contributed by atoms with Gasteiger partial charge >= 0.3 is 0 Å². The van der Waals surface area contributed by atoms with Crippen molar-refractivity contribution in [3.05, 3.63) is 65.7 Å². The van der Waals surface area contributed by atoms with Crippen molar-refractivity contribution in [1.29, 1.82) is 0 Å². The smallest absolute Gasteiger partial charge is 0.244 e. The van der Waals surface area contributed by atoms with Crippen molar-refractivity contribution in [1.82, 2.24) is 10.0 Å². The highest BCUT2D eigenvalue weighted by Crippen LogP contribution is 2.27. The van der Waals surface area contributed by atoms with Gasteiger partial charge in [-0.25, -0.2) is 13.1 Å². The van der Waals surface area contributed by atoms with Gasteiger partial charge in [-0.2, -0.15) is 0 Å². The van der Waals surface area contributed by atoms with Crippen LogP contribution < -0.4 is 15.4 Å². The lowest BCUT2D eigenvalue weighted by Crippen LogP contribution is -2.28. The van der Waals surface area contributed by atoms with Crippen LogP contribution in [-0.2, 0) is 26.2 Å². The van der Waals surface area contributed by atoms with Crippen molar-refractivity contribution < 1.29 is 18.0 Å². The van der Waals surface area contributed by atoms with Gasteiger partial charge in [0.1, 0.15) is 0 Å². The molecule has 2 aliphatic carbocycles. The van der Waals surface area contributed by atoms with E-state index >= 15 is 0 Å². The summed E-state index contributed by atoms with van der Waals surface area (Å²) in [4.78, 5) is 24.5. The largest absolute Gasteiger partial charge is 0.348 e. The molecule has 0 atom stereocenters. The molecular formula is C24H27N3O4S. The quantitative estimate of drug-likeness (QED) is 0.507. The first-order valence-corrected chi connectivity index (χ1v) is 12.4. The molecule has 0 spiro atoms. The van der Waals surface area contributed by atoms with Gasteiger partial charge in [0.2, 0.25) is 21.8 Å². The van der Waals surface area contributed by atoms with Crippen LogP contribution >= 0.6 is 0 Å². The van der Waals surface area contributed by atoms with E-state index in [0.29, 0.717) is 6.54 Å². The summed E-state index contributed by atoms with van der Waals surface area (Å²) >= 11 is 0. The highest BCUT2D eigenvalue weighted by molar-refractivity contribution is 7.89. The zero-order valence-electron chi connectivity index (χ0n) is 17.7. The third-order valence-corrected chi connectivity index (χ3v) is 7.19. The zero-order valence-corrected chi connectivity index (χ0v) is 18.5. The van der Waals surface area contributed by atoms with Crippen molar-refractivity contribution in [3.63, 3.8) is 0 Å². The number of nitrogens with one attached hydrogen (secondary N) is 3. The van der Waals surface area contributed by atoms with Crippen LogP contribution in [0, 0.1) is 5.92 Å². The Hall–Kier alpha value is -2.97. The number of anilines is 1. The number of hydrogen-bond acceptors (Lipinski definition) is 4. The fourth-order valence-corrected chi connectivity index (χ4v) is 4.65. The van der Waals surface area contributed by atoms with E-state index in [1.165, 1.54) is 18.2 Å². The molecule has 0 saturated heterocycles. The highest BCUT2D eigenvalue weighted by Gasteiger charge is 2.28. The standard InChI is InChI=1S/C24H27N3O4S/c28-23(14-9-17-7-12-22(13-8-17)32(30,31)27-20-10-11-20)25-16-18-3-1-6-21(15-18)26-24(29)19-4-2-5-19/h1,3,6-9,12-15,19-20,27H,2,4-5,10-11,16H2,(H,25,28)(H,26,29)/b14-9+. The minimum absolute atomic E-state index is 0.0579. The minimum Gasteiger partial charge on any atom is -0.348 e. The van der Waals surface area contributed by atoms with Gasteiger partial charge in [0.15, 0.2) is 0 Å². The summed E-state index contributed by atoms with van der Waals surface area (Å²) in [7, 11) is -3.48. The summed E-state index contributed by atoms with van der Waals surface area (Å²) in [6.45, 7) is 0.334. The molecule has 2 aromatic rings. The van der Waals surface area contributed by atoms with Gasteiger partial charge in [-0.3, -0.25) is 9.59 Å². The molecule has 0 unspecified atom stereocenters. The number of benzene rings is 2. The summed E-state index contributed by atoms with van der Waals surface area (Å²) < 4.78 is 27.0. The van der Waals surface area contributed by atoms with Crippen molar-refractivity contribution in [2.45, 2.75) is 49.6 Å². The summed E-state index contributed by atoms with van der Waals surface area (Å²) in [5.74, 6) is -0.0874. The minimum atomic E-state index is -3.48. The lowest BCUT2D eigenvalue weighted by Gasteiger charge is -2.24. The Morgan fingerprint density at radius 2 is 1.75 bits per heavy atom. The maximum Gasteiger partial charge on any atom is 0.244 e. The molecular weight excluding hydrogens is 426 g/mol. The summed E-state index contributed by atoms with van der Waals surface area (Å²) in [5, 5.41) is 5.75. The second-order valence-electron chi connectivity index (χ2n) is 8.33. The maximum atomic E-state index is 12.2. The number of amides is 2. The molecule has 8 heteroatoms. The molecule has 2 aliphatic rings. The fourth-order valence-electron chi connectivity index (χ4n) is 3.34. The van der Waals surface area contributed by atoms with E-state index in [2.05, 4.69) is 15.4 Å². The van der Waals surface area contributed by atoms with E-state index in [-0.39, 0.29) is 28.7 Å². The van der Waals surface area contributed by atoms with Crippen molar-refractivity contribution in [2.75, 3.05) is 5.32 Å². The van der Waals surface area contributed by atoms with Gasteiger partial charge in [-0.1, -0.05) is 30.7 Å². The molecule has 4 rings (SSSR count). The monoisotopic (exact) mass is 453 g/mol. The Balaban J connectivity index is 1.27. The second-order valence-corrected chi connectivity index (χ2v) is 10.0. The predicted octanol–water partition coefficient (Wildman–Crippen LogP) is 3.20. The summed E-state index contributed by atoms with van der Waals surface area (Å²) in [5.41, 5.74) is 2.34. The number of sulfonamides is 1. The number of rotatable bonds is 9. The Morgan fingerprint density at radius 3 is 2.41 bits per heavy atom. The molecule has 2 fully saturated rings. The Labute approximate surface area is 188 Å². The van der Waals surface area contributed by atoms with Crippen LogP contribution in [0.4, 0.5) is 5.69 Å². The average molecular weight is 454 g/mol. The van der Waals surface area contributed by atoms with E-state index in [9.17, 15) is 18.0 Å². The Morgan fingerprint density at radius 1 is 1.00 bits per heavy atom. The van der Waals surface area contributed by atoms with Crippen LogP contribution in [0.25, 0.3) is 6.08 Å². The topological polar surface area (TPSA) is 104 Å². The first-order valence-electron chi connectivity index (χ1n) is 10.9. The molecule has 2 amide bonds. The molecule has 0 aliphatic heterocycles. The molecule has 0 heterocycles. The van der Waals surface area contributed by atoms with E-state index in [4.69, 9.17) is 0 Å². The van der Waals surface area contributed by atoms with Gasteiger partial charge in [-0.05, 0) is 67.2 Å². The van der Waals surface area contributed by atoms with Gasteiger partial charge in [0, 0.05) is 30.3 Å². The van der Waals surface area contributed by atoms with Crippen molar-refractivity contribution in [2.24, 2.45) is 5.92 Å². The zero-order chi connectivity index (χ0) is 22.6. The van der Waals surface area contributed by atoms with Crippen LogP contribution in [0.1, 0.15) is 43.2 Å². The van der Waals surface area contributed by atoms with E-state index in [1.54, 1.807) is 18.2 Å². The van der Waals surface area contributed by atoms with Gasteiger partial charge < -0.3 is 10.6 Å². The van der Waals surface area contributed by atoms with Crippen LogP contribution in [0.5, 0.6) is 0 Å². The number of carbonyl (C=O) groups is 2. The molecule has 2 aromatic carbocycles. The van der Waals surface area contributed by atoms with E-state index in [0.717, 1.165) is 48.9 Å². The Kier molecular flexibility index (Phi) is 6.72. The third kappa shape index (κ3) is 6.05. The van der Waals surface area contributed by atoms with E-state index < -0.39 is 10.0 Å². The second kappa shape index (κ2) is 9.67. The van der Waals surface area contributed by atoms with E-state index in [1.807, 2.05) is 24.3 Å². The van der Waals surface area contributed by atoms with Crippen LogP contribution in [0.3, 0.4) is 0 Å². The highest BCUT2D eigenvalue weighted by atomic mass is 32.2. The van der Waals surface area contributed by atoms with Crippen molar-refractivity contribution >= 4 is 33.6 Å². The van der Waals surface area contributed by atoms with Gasteiger partial charge in [-0.15, -0.1) is 0 Å². The SMILES string of the molecule is O=C(/C=C/c1ccc(S(=O)(=O)NC2CC2)cc1)NCc1cccc(NC(=O)C2CCC2)c1. The third-order valence-electron chi connectivity index (χ3n) is 5.65. The first-order chi connectivity index (χ1) is 15.4. The predicted molar refractivity (Wildman–Crippen MR) is 123 cm³/mol. The molecule has 2 saturated carbocycles. The van der Waals surface area contributed by atoms with Gasteiger partial charge in [0.05, 0.1) is 4.90 Å². The number of carbonyl (C=O) groups excluding carboxylic acids is 2. The molecule has 3 N–H and O–H groups in total. The molecule has 0 radical (unpaired) electrons. The average Bonchev–Trinajstić information content (AvgIpc) is 3.53. The van der Waals surface area contributed by atoms with Crippen LogP contribution in [0.15, 0.2) is 59.5 Å². The van der Waals surface area contributed by atoms with Crippen LogP contribution in [0.2, 0.25) is 0 Å². The lowest BCUT2D eigenvalue weighted by atomic mass is 9.85. The lowest BCUT2D eigenvalue weighted by molar-refractivity contribution is -0.122. The Bertz CT molecular complexity index is 1120. The summed E-state index contributed by atoms with van der Waals surface area (Å²) in [6.07, 6.45) is 7.82.